The van der Waals surface area contributed by atoms with Crippen molar-refractivity contribution in [3.05, 3.63) is 23.4 Å². The Morgan fingerprint density at radius 3 is 2.50 bits per heavy atom. The number of nitrogens with zero attached hydrogens (tertiary/aromatic N) is 1. The van der Waals surface area contributed by atoms with Crippen LogP contribution in [0, 0.1) is 0 Å². The standard InChI is InChI=1S/C14H21F2N3O/c1-5-17-12-7-9(13(20)18-8-11(15)16)6-10(19-12)14(2,3)4/h6-7,11H,5,8H2,1-4H3,(H,17,19)(H,18,20). The van der Waals surface area contributed by atoms with Crippen molar-refractivity contribution in [2.24, 2.45) is 0 Å². The monoisotopic (exact) mass is 285 g/mol. The number of hydrogen-bond donors (Lipinski definition) is 2. The van der Waals surface area contributed by atoms with Gasteiger partial charge in [0, 0.05) is 23.2 Å². The Morgan fingerprint density at radius 1 is 1.35 bits per heavy atom. The molecular weight excluding hydrogens is 264 g/mol. The molecule has 0 fully saturated rings. The number of halogens is 2. The molecule has 1 rings (SSSR count). The van der Waals surface area contributed by atoms with E-state index in [-0.39, 0.29) is 5.41 Å². The minimum Gasteiger partial charge on any atom is -0.370 e. The first-order chi connectivity index (χ1) is 9.24. The normalized spacial score (nSPS) is 11.6. The molecule has 20 heavy (non-hydrogen) atoms. The molecule has 0 radical (unpaired) electrons. The number of nitrogens with one attached hydrogen (secondary N) is 2. The van der Waals surface area contributed by atoms with E-state index < -0.39 is 18.9 Å². The van der Waals surface area contributed by atoms with Gasteiger partial charge < -0.3 is 10.6 Å². The Hall–Kier alpha value is -1.72. The highest BCUT2D eigenvalue weighted by molar-refractivity contribution is 5.95. The molecule has 0 aromatic carbocycles. The molecule has 0 unspecified atom stereocenters. The molecule has 1 heterocycles. The van der Waals surface area contributed by atoms with Crippen LogP contribution in [0.2, 0.25) is 0 Å². The molecule has 0 bridgehead atoms. The van der Waals surface area contributed by atoms with E-state index in [1.807, 2.05) is 27.7 Å². The summed E-state index contributed by atoms with van der Waals surface area (Å²) in [6.07, 6.45) is -2.56. The lowest BCUT2D eigenvalue weighted by atomic mass is 9.90. The fraction of sp³-hybridized carbons (Fsp3) is 0.571. The molecule has 6 heteroatoms. The molecule has 112 valence electrons. The van der Waals surface area contributed by atoms with Crippen molar-refractivity contribution in [2.45, 2.75) is 39.5 Å². The maximum absolute atomic E-state index is 12.1. The van der Waals surface area contributed by atoms with Crippen molar-refractivity contribution in [3.8, 4) is 0 Å². The highest BCUT2D eigenvalue weighted by Gasteiger charge is 2.19. The van der Waals surface area contributed by atoms with E-state index in [2.05, 4.69) is 15.6 Å². The van der Waals surface area contributed by atoms with Gasteiger partial charge in [-0.05, 0) is 19.1 Å². The van der Waals surface area contributed by atoms with Gasteiger partial charge in [-0.2, -0.15) is 0 Å². The van der Waals surface area contributed by atoms with Crippen LogP contribution in [0.15, 0.2) is 12.1 Å². The lowest BCUT2D eigenvalue weighted by molar-refractivity contribution is 0.0891. The lowest BCUT2D eigenvalue weighted by Gasteiger charge is -2.20. The quantitative estimate of drug-likeness (QED) is 0.874. The van der Waals surface area contributed by atoms with Crippen LogP contribution in [-0.2, 0) is 5.41 Å². The van der Waals surface area contributed by atoms with Crippen molar-refractivity contribution in [1.82, 2.24) is 10.3 Å². The molecule has 0 saturated heterocycles. The van der Waals surface area contributed by atoms with Gasteiger partial charge in [-0.3, -0.25) is 4.79 Å². The van der Waals surface area contributed by atoms with Crippen molar-refractivity contribution < 1.29 is 13.6 Å². The van der Waals surface area contributed by atoms with E-state index in [4.69, 9.17) is 0 Å². The van der Waals surface area contributed by atoms with Gasteiger partial charge in [-0.15, -0.1) is 0 Å². The molecule has 1 aromatic rings. The van der Waals surface area contributed by atoms with Gasteiger partial charge in [0.25, 0.3) is 12.3 Å². The van der Waals surface area contributed by atoms with Crippen LogP contribution >= 0.6 is 0 Å². The summed E-state index contributed by atoms with van der Waals surface area (Å²) in [6, 6.07) is 3.21. The summed E-state index contributed by atoms with van der Waals surface area (Å²) in [5, 5.41) is 5.24. The molecule has 1 amide bonds. The molecule has 0 aliphatic rings. The Kier molecular flexibility index (Phi) is 5.42. The molecule has 0 atom stereocenters. The third-order valence-corrected chi connectivity index (χ3v) is 2.63. The van der Waals surface area contributed by atoms with Crippen molar-refractivity contribution >= 4 is 11.7 Å². The third-order valence-electron chi connectivity index (χ3n) is 2.63. The Labute approximate surface area is 118 Å². The van der Waals surface area contributed by atoms with E-state index in [9.17, 15) is 13.6 Å². The van der Waals surface area contributed by atoms with E-state index in [0.717, 1.165) is 5.69 Å². The maximum atomic E-state index is 12.1. The second-order valence-electron chi connectivity index (χ2n) is 5.51. The molecule has 1 aromatic heterocycles. The van der Waals surface area contributed by atoms with E-state index in [0.29, 0.717) is 17.9 Å². The predicted octanol–water partition coefficient (Wildman–Crippen LogP) is 2.81. The topological polar surface area (TPSA) is 54.0 Å². The summed E-state index contributed by atoms with van der Waals surface area (Å²) in [7, 11) is 0. The molecule has 2 N–H and O–H groups in total. The van der Waals surface area contributed by atoms with Gasteiger partial charge in [0.1, 0.15) is 5.82 Å². The first kappa shape index (κ1) is 16.3. The average Bonchev–Trinajstić information content (AvgIpc) is 2.34. The van der Waals surface area contributed by atoms with E-state index in [1.165, 1.54) is 0 Å². The number of alkyl halides is 2. The van der Waals surface area contributed by atoms with Crippen LogP contribution in [0.4, 0.5) is 14.6 Å². The van der Waals surface area contributed by atoms with Crippen LogP contribution in [0.25, 0.3) is 0 Å². The summed E-state index contributed by atoms with van der Waals surface area (Å²) < 4.78 is 24.3. The molecule has 0 saturated carbocycles. The first-order valence-corrected chi connectivity index (χ1v) is 6.56. The SMILES string of the molecule is CCNc1cc(C(=O)NCC(F)F)cc(C(C)(C)C)n1. The van der Waals surface area contributed by atoms with Gasteiger partial charge in [0.15, 0.2) is 0 Å². The van der Waals surface area contributed by atoms with E-state index in [1.54, 1.807) is 12.1 Å². The predicted molar refractivity (Wildman–Crippen MR) is 75.4 cm³/mol. The Bertz CT molecular complexity index is 470. The van der Waals surface area contributed by atoms with Gasteiger partial charge in [0.2, 0.25) is 0 Å². The second-order valence-corrected chi connectivity index (χ2v) is 5.51. The van der Waals surface area contributed by atoms with Crippen LogP contribution in [-0.4, -0.2) is 30.4 Å². The van der Waals surface area contributed by atoms with E-state index >= 15 is 0 Å². The van der Waals surface area contributed by atoms with Gasteiger partial charge in [-0.1, -0.05) is 20.8 Å². The highest BCUT2D eigenvalue weighted by atomic mass is 19.3. The highest BCUT2D eigenvalue weighted by Crippen LogP contribution is 2.23. The zero-order valence-electron chi connectivity index (χ0n) is 12.3. The summed E-state index contributed by atoms with van der Waals surface area (Å²) in [5.41, 5.74) is 0.836. The van der Waals surface area contributed by atoms with Gasteiger partial charge in [0.05, 0.1) is 6.54 Å². The summed E-state index contributed by atoms with van der Waals surface area (Å²) in [4.78, 5) is 16.3. The zero-order valence-corrected chi connectivity index (χ0v) is 12.3. The van der Waals surface area contributed by atoms with Crippen LogP contribution in [0.1, 0.15) is 43.7 Å². The number of pyridine rings is 1. The van der Waals surface area contributed by atoms with Crippen LogP contribution in [0.5, 0.6) is 0 Å². The lowest BCUT2D eigenvalue weighted by Crippen LogP contribution is -2.29. The number of rotatable bonds is 5. The fourth-order valence-corrected chi connectivity index (χ4v) is 1.59. The Balaban J connectivity index is 3.05. The molecule has 4 nitrogen and oxygen atoms in total. The van der Waals surface area contributed by atoms with Crippen LogP contribution < -0.4 is 10.6 Å². The third kappa shape index (κ3) is 4.75. The number of carbonyl (C=O) groups excluding carboxylic acids is 1. The molecule has 0 spiro atoms. The number of hydrogen-bond acceptors (Lipinski definition) is 3. The number of aromatic nitrogens is 1. The second kappa shape index (κ2) is 6.63. The summed E-state index contributed by atoms with van der Waals surface area (Å²) in [6.45, 7) is 7.87. The fourth-order valence-electron chi connectivity index (χ4n) is 1.59. The minimum absolute atomic E-state index is 0.233. The summed E-state index contributed by atoms with van der Waals surface area (Å²) >= 11 is 0. The number of anilines is 1. The largest absolute Gasteiger partial charge is 0.370 e. The zero-order chi connectivity index (χ0) is 15.3. The van der Waals surface area contributed by atoms with Crippen molar-refractivity contribution in [1.29, 1.82) is 0 Å². The van der Waals surface area contributed by atoms with Gasteiger partial charge in [-0.25, -0.2) is 13.8 Å². The summed E-state index contributed by atoms with van der Waals surface area (Å²) in [5.74, 6) is 0.0551. The number of carbonyl (C=O) groups is 1. The first-order valence-electron chi connectivity index (χ1n) is 6.56. The average molecular weight is 285 g/mol. The van der Waals surface area contributed by atoms with Crippen molar-refractivity contribution in [2.75, 3.05) is 18.4 Å². The molecule has 0 aliphatic heterocycles. The Morgan fingerprint density at radius 2 is 2.00 bits per heavy atom. The van der Waals surface area contributed by atoms with Crippen molar-refractivity contribution in [3.63, 3.8) is 0 Å². The van der Waals surface area contributed by atoms with Crippen LogP contribution in [0.3, 0.4) is 0 Å². The van der Waals surface area contributed by atoms with Gasteiger partial charge >= 0.3 is 0 Å². The number of amides is 1. The molecular formula is C14H21F2N3O. The smallest absolute Gasteiger partial charge is 0.255 e. The molecule has 0 aliphatic carbocycles. The maximum Gasteiger partial charge on any atom is 0.255 e. The minimum atomic E-state index is -2.56.